The van der Waals surface area contributed by atoms with Crippen LogP contribution < -0.4 is 0 Å². The lowest BCUT2D eigenvalue weighted by Gasteiger charge is -2.28. The molecule has 0 aromatic carbocycles. The van der Waals surface area contributed by atoms with Crippen molar-refractivity contribution in [2.24, 2.45) is 0 Å². The average molecular weight is 225 g/mol. The summed E-state index contributed by atoms with van der Waals surface area (Å²) >= 11 is 1.91. The number of amides is 1. The highest BCUT2D eigenvalue weighted by atomic mass is 32.2. The summed E-state index contributed by atoms with van der Waals surface area (Å²) in [6, 6.07) is 1.67. The lowest BCUT2D eigenvalue weighted by molar-refractivity contribution is -0.134. The van der Waals surface area contributed by atoms with E-state index >= 15 is 0 Å². The number of aromatic nitrogens is 2. The molecule has 0 aliphatic carbocycles. The minimum atomic E-state index is -0.178. The Morgan fingerprint density at radius 2 is 2.20 bits per heavy atom. The first-order chi connectivity index (χ1) is 7.29. The fraction of sp³-hybridized carbons (Fsp3) is 0.600. The number of rotatable bonds is 2. The minimum Gasteiger partial charge on any atom is -0.339 e. The zero-order valence-corrected chi connectivity index (χ0v) is 9.61. The molecule has 2 heterocycles. The number of carbonyl (C=O) groups excluding carboxylic acids is 1. The fourth-order valence-electron chi connectivity index (χ4n) is 1.67. The molecule has 1 saturated heterocycles. The number of nitrogens with zero attached hydrogens (tertiary/aromatic N) is 3. The smallest absolute Gasteiger partial charge is 0.247 e. The topological polar surface area (TPSA) is 38.1 Å². The number of carbonyl (C=O) groups is 1. The lowest BCUT2D eigenvalue weighted by Crippen LogP contribution is -2.41. The SMILES string of the molecule is CC(C(=O)N1CCSCC1)n1cccn1. The molecule has 15 heavy (non-hydrogen) atoms. The molecule has 0 bridgehead atoms. The second kappa shape index (κ2) is 4.70. The van der Waals surface area contributed by atoms with E-state index in [2.05, 4.69) is 5.10 Å². The standard InChI is InChI=1S/C10H15N3OS/c1-9(13-4-2-3-11-13)10(14)12-5-7-15-8-6-12/h2-4,9H,5-8H2,1H3. The average Bonchev–Trinajstić information content (AvgIpc) is 2.82. The van der Waals surface area contributed by atoms with Crippen LogP contribution in [-0.2, 0) is 4.79 Å². The first-order valence-corrected chi connectivity index (χ1v) is 6.30. The van der Waals surface area contributed by atoms with E-state index < -0.39 is 0 Å². The summed E-state index contributed by atoms with van der Waals surface area (Å²) in [7, 11) is 0. The van der Waals surface area contributed by atoms with E-state index in [1.807, 2.05) is 35.8 Å². The van der Waals surface area contributed by atoms with Crippen molar-refractivity contribution in [3.63, 3.8) is 0 Å². The molecule has 4 nitrogen and oxygen atoms in total. The Morgan fingerprint density at radius 3 is 2.80 bits per heavy atom. The molecular formula is C10H15N3OS. The molecule has 5 heteroatoms. The van der Waals surface area contributed by atoms with Gasteiger partial charge in [-0.2, -0.15) is 16.9 Å². The highest BCUT2D eigenvalue weighted by molar-refractivity contribution is 7.99. The summed E-state index contributed by atoms with van der Waals surface area (Å²) < 4.78 is 1.71. The van der Waals surface area contributed by atoms with Crippen LogP contribution >= 0.6 is 11.8 Å². The molecule has 1 amide bonds. The van der Waals surface area contributed by atoms with Crippen molar-refractivity contribution in [2.45, 2.75) is 13.0 Å². The van der Waals surface area contributed by atoms with Crippen LogP contribution in [0.2, 0.25) is 0 Å². The van der Waals surface area contributed by atoms with Crippen LogP contribution in [0.3, 0.4) is 0 Å². The first-order valence-electron chi connectivity index (χ1n) is 5.14. The van der Waals surface area contributed by atoms with E-state index in [-0.39, 0.29) is 11.9 Å². The van der Waals surface area contributed by atoms with Crippen LogP contribution in [0.15, 0.2) is 18.5 Å². The number of hydrogen-bond acceptors (Lipinski definition) is 3. The highest BCUT2D eigenvalue weighted by Gasteiger charge is 2.23. The molecule has 0 N–H and O–H groups in total. The fourth-order valence-corrected chi connectivity index (χ4v) is 2.57. The van der Waals surface area contributed by atoms with Gasteiger partial charge in [0.25, 0.3) is 0 Å². The third-order valence-electron chi connectivity index (χ3n) is 2.60. The van der Waals surface area contributed by atoms with Crippen LogP contribution in [0.4, 0.5) is 0 Å². The van der Waals surface area contributed by atoms with E-state index in [9.17, 15) is 4.79 Å². The molecule has 82 valence electrons. The van der Waals surface area contributed by atoms with Gasteiger partial charge in [0.1, 0.15) is 6.04 Å². The number of thioether (sulfide) groups is 1. The molecule has 1 aromatic rings. The van der Waals surface area contributed by atoms with Crippen LogP contribution in [0, 0.1) is 0 Å². The van der Waals surface area contributed by atoms with Gasteiger partial charge in [-0.05, 0) is 13.0 Å². The van der Waals surface area contributed by atoms with Crippen LogP contribution in [-0.4, -0.2) is 45.2 Å². The summed E-state index contributed by atoms with van der Waals surface area (Å²) in [4.78, 5) is 14.0. The summed E-state index contributed by atoms with van der Waals surface area (Å²) in [5.41, 5.74) is 0. The molecule has 1 unspecified atom stereocenters. The van der Waals surface area contributed by atoms with E-state index in [1.54, 1.807) is 10.9 Å². The highest BCUT2D eigenvalue weighted by Crippen LogP contribution is 2.14. The van der Waals surface area contributed by atoms with Crippen molar-refractivity contribution in [3.8, 4) is 0 Å². The van der Waals surface area contributed by atoms with Gasteiger partial charge in [0, 0.05) is 37.0 Å². The Bertz CT molecular complexity index is 319. The Hall–Kier alpha value is -0.970. The zero-order valence-electron chi connectivity index (χ0n) is 8.80. The molecule has 1 atom stereocenters. The van der Waals surface area contributed by atoms with Crippen molar-refractivity contribution in [2.75, 3.05) is 24.6 Å². The maximum absolute atomic E-state index is 12.1. The second-order valence-corrected chi connectivity index (χ2v) is 4.82. The quantitative estimate of drug-likeness (QED) is 0.754. The zero-order chi connectivity index (χ0) is 10.7. The van der Waals surface area contributed by atoms with E-state index in [4.69, 9.17) is 0 Å². The Balaban J connectivity index is 2.00. The lowest BCUT2D eigenvalue weighted by atomic mass is 10.3. The molecule has 1 fully saturated rings. The summed E-state index contributed by atoms with van der Waals surface area (Å²) in [5, 5.41) is 4.10. The van der Waals surface area contributed by atoms with Crippen LogP contribution in [0.25, 0.3) is 0 Å². The van der Waals surface area contributed by atoms with Gasteiger partial charge < -0.3 is 4.90 Å². The Morgan fingerprint density at radius 1 is 1.47 bits per heavy atom. The van der Waals surface area contributed by atoms with Gasteiger partial charge in [-0.1, -0.05) is 0 Å². The van der Waals surface area contributed by atoms with Gasteiger partial charge in [0.05, 0.1) is 0 Å². The van der Waals surface area contributed by atoms with Gasteiger partial charge >= 0.3 is 0 Å². The maximum Gasteiger partial charge on any atom is 0.247 e. The predicted molar refractivity (Wildman–Crippen MR) is 60.8 cm³/mol. The maximum atomic E-state index is 12.1. The molecular weight excluding hydrogens is 210 g/mol. The largest absolute Gasteiger partial charge is 0.339 e. The van der Waals surface area contributed by atoms with E-state index in [1.165, 1.54) is 0 Å². The molecule has 0 radical (unpaired) electrons. The van der Waals surface area contributed by atoms with Gasteiger partial charge in [-0.25, -0.2) is 0 Å². The minimum absolute atomic E-state index is 0.178. The molecule has 2 rings (SSSR count). The Kier molecular flexibility index (Phi) is 3.30. The van der Waals surface area contributed by atoms with Crippen molar-refractivity contribution in [1.82, 2.24) is 14.7 Å². The summed E-state index contributed by atoms with van der Waals surface area (Å²) in [6.45, 7) is 3.64. The van der Waals surface area contributed by atoms with Gasteiger partial charge in [-0.3, -0.25) is 9.48 Å². The normalized spacial score (nSPS) is 18.9. The number of hydrogen-bond donors (Lipinski definition) is 0. The van der Waals surface area contributed by atoms with Gasteiger partial charge in [0.2, 0.25) is 5.91 Å². The van der Waals surface area contributed by atoms with E-state index in [0.717, 1.165) is 24.6 Å². The van der Waals surface area contributed by atoms with E-state index in [0.29, 0.717) is 0 Å². The van der Waals surface area contributed by atoms with Crippen molar-refractivity contribution in [1.29, 1.82) is 0 Å². The van der Waals surface area contributed by atoms with Crippen LogP contribution in [0.1, 0.15) is 13.0 Å². The molecule has 1 aliphatic rings. The third kappa shape index (κ3) is 2.34. The summed E-state index contributed by atoms with van der Waals surface area (Å²) in [6.07, 6.45) is 3.54. The van der Waals surface area contributed by atoms with Crippen molar-refractivity contribution < 1.29 is 4.79 Å². The molecule has 1 aromatic heterocycles. The predicted octanol–water partition coefficient (Wildman–Crippen LogP) is 1.02. The molecule has 0 saturated carbocycles. The van der Waals surface area contributed by atoms with Gasteiger partial charge in [0.15, 0.2) is 0 Å². The second-order valence-electron chi connectivity index (χ2n) is 3.60. The molecule has 1 aliphatic heterocycles. The third-order valence-corrected chi connectivity index (χ3v) is 3.54. The van der Waals surface area contributed by atoms with Crippen molar-refractivity contribution in [3.05, 3.63) is 18.5 Å². The van der Waals surface area contributed by atoms with Crippen LogP contribution in [0.5, 0.6) is 0 Å². The summed E-state index contributed by atoms with van der Waals surface area (Å²) in [5.74, 6) is 2.29. The van der Waals surface area contributed by atoms with Crippen molar-refractivity contribution >= 4 is 17.7 Å². The van der Waals surface area contributed by atoms with Gasteiger partial charge in [-0.15, -0.1) is 0 Å². The monoisotopic (exact) mass is 225 g/mol. The first kappa shape index (κ1) is 10.5. The Labute approximate surface area is 93.6 Å². The molecule has 0 spiro atoms.